The van der Waals surface area contributed by atoms with Crippen LogP contribution in [0.15, 0.2) is 35.8 Å². The number of carbonyl (C=O) groups is 1. The van der Waals surface area contributed by atoms with E-state index < -0.39 is 23.4 Å². The number of thiazole rings is 1. The first kappa shape index (κ1) is 14.5. The molecular weight excluding hydrogens is 313 g/mol. The zero-order valence-corrected chi connectivity index (χ0v) is 11.9. The molecule has 0 aliphatic carbocycles. The van der Waals surface area contributed by atoms with Gasteiger partial charge < -0.3 is 5.32 Å². The van der Waals surface area contributed by atoms with Gasteiger partial charge in [-0.3, -0.25) is 4.79 Å². The summed E-state index contributed by atoms with van der Waals surface area (Å²) in [6.45, 7) is -0.239. The lowest BCUT2D eigenvalue weighted by Gasteiger charge is -2.07. The summed E-state index contributed by atoms with van der Waals surface area (Å²) in [5.41, 5.74) is 2.60. The predicted octanol–water partition coefficient (Wildman–Crippen LogP) is 3.64. The summed E-state index contributed by atoms with van der Waals surface area (Å²) in [6.07, 6.45) is 0. The number of fused-ring (bicyclic) bond motifs is 1. The standard InChI is InChI=1S/C15H9F3N2OS/c16-10-5-12(18)11(17)3-9(10)6-19-15(21)8-1-2-14-13(4-8)20-7-22-14/h1-5,7H,6H2,(H,19,21). The Morgan fingerprint density at radius 3 is 2.68 bits per heavy atom. The molecule has 1 N–H and O–H groups in total. The van der Waals surface area contributed by atoms with Crippen molar-refractivity contribution < 1.29 is 18.0 Å². The van der Waals surface area contributed by atoms with Gasteiger partial charge in [0.15, 0.2) is 11.6 Å². The van der Waals surface area contributed by atoms with E-state index in [1.807, 2.05) is 0 Å². The van der Waals surface area contributed by atoms with Gasteiger partial charge in [0.25, 0.3) is 5.91 Å². The fraction of sp³-hybridized carbons (Fsp3) is 0.0667. The summed E-state index contributed by atoms with van der Waals surface area (Å²) in [6, 6.07) is 6.19. The number of nitrogens with one attached hydrogen (secondary N) is 1. The average Bonchev–Trinajstić information content (AvgIpc) is 2.96. The second kappa shape index (κ2) is 5.76. The van der Waals surface area contributed by atoms with Crippen LogP contribution >= 0.6 is 11.3 Å². The van der Waals surface area contributed by atoms with Gasteiger partial charge in [0, 0.05) is 23.7 Å². The Labute approximate surface area is 127 Å². The van der Waals surface area contributed by atoms with Gasteiger partial charge in [0.2, 0.25) is 0 Å². The lowest BCUT2D eigenvalue weighted by molar-refractivity contribution is 0.0950. The Hall–Kier alpha value is -2.41. The van der Waals surface area contributed by atoms with Crippen molar-refractivity contribution in [2.75, 3.05) is 0 Å². The molecular formula is C15H9F3N2OS. The molecule has 0 fully saturated rings. The number of halogens is 3. The summed E-state index contributed by atoms with van der Waals surface area (Å²) < 4.78 is 40.3. The van der Waals surface area contributed by atoms with Gasteiger partial charge in [-0.05, 0) is 24.3 Å². The van der Waals surface area contributed by atoms with Crippen molar-refractivity contribution in [1.29, 1.82) is 0 Å². The van der Waals surface area contributed by atoms with Crippen LogP contribution in [0.4, 0.5) is 13.2 Å². The highest BCUT2D eigenvalue weighted by molar-refractivity contribution is 7.16. The van der Waals surface area contributed by atoms with Gasteiger partial charge in [0.05, 0.1) is 15.7 Å². The van der Waals surface area contributed by atoms with Crippen molar-refractivity contribution in [2.24, 2.45) is 0 Å². The monoisotopic (exact) mass is 322 g/mol. The van der Waals surface area contributed by atoms with Gasteiger partial charge in [-0.15, -0.1) is 11.3 Å². The average molecular weight is 322 g/mol. The van der Waals surface area contributed by atoms with Crippen molar-refractivity contribution in [3.8, 4) is 0 Å². The van der Waals surface area contributed by atoms with E-state index in [0.29, 0.717) is 17.1 Å². The van der Waals surface area contributed by atoms with E-state index in [2.05, 4.69) is 10.3 Å². The van der Waals surface area contributed by atoms with Crippen LogP contribution in [0.1, 0.15) is 15.9 Å². The zero-order chi connectivity index (χ0) is 15.7. The van der Waals surface area contributed by atoms with Crippen LogP contribution in [-0.2, 0) is 6.54 Å². The van der Waals surface area contributed by atoms with Crippen molar-refractivity contribution in [3.63, 3.8) is 0 Å². The Morgan fingerprint density at radius 2 is 1.86 bits per heavy atom. The Bertz CT molecular complexity index is 863. The van der Waals surface area contributed by atoms with E-state index in [4.69, 9.17) is 0 Å². The van der Waals surface area contributed by atoms with Crippen LogP contribution in [0.2, 0.25) is 0 Å². The summed E-state index contributed by atoms with van der Waals surface area (Å²) >= 11 is 1.45. The molecule has 0 spiro atoms. The second-order valence-corrected chi connectivity index (χ2v) is 5.46. The number of benzene rings is 2. The van der Waals surface area contributed by atoms with Crippen molar-refractivity contribution >= 4 is 27.5 Å². The van der Waals surface area contributed by atoms with Crippen molar-refractivity contribution in [1.82, 2.24) is 10.3 Å². The minimum Gasteiger partial charge on any atom is -0.348 e. The molecule has 1 heterocycles. The van der Waals surface area contributed by atoms with Gasteiger partial charge in [-0.1, -0.05) is 0 Å². The predicted molar refractivity (Wildman–Crippen MR) is 77.1 cm³/mol. The number of amides is 1. The topological polar surface area (TPSA) is 42.0 Å². The van der Waals surface area contributed by atoms with Crippen LogP contribution in [0.3, 0.4) is 0 Å². The van der Waals surface area contributed by atoms with Gasteiger partial charge >= 0.3 is 0 Å². The zero-order valence-electron chi connectivity index (χ0n) is 11.1. The third-order valence-corrected chi connectivity index (χ3v) is 3.93. The van der Waals surface area contributed by atoms with E-state index in [-0.39, 0.29) is 12.1 Å². The Morgan fingerprint density at radius 1 is 1.09 bits per heavy atom. The maximum absolute atomic E-state index is 13.5. The van der Waals surface area contributed by atoms with Gasteiger partial charge in [-0.25, -0.2) is 18.2 Å². The molecule has 3 aromatic rings. The first-order valence-corrected chi connectivity index (χ1v) is 7.17. The van der Waals surface area contributed by atoms with Crippen LogP contribution in [0.5, 0.6) is 0 Å². The quantitative estimate of drug-likeness (QED) is 0.748. The molecule has 7 heteroatoms. The van der Waals surface area contributed by atoms with E-state index >= 15 is 0 Å². The molecule has 3 rings (SSSR count). The van der Waals surface area contributed by atoms with E-state index in [1.165, 1.54) is 11.3 Å². The van der Waals surface area contributed by atoms with E-state index in [1.54, 1.807) is 23.7 Å². The molecule has 1 amide bonds. The first-order valence-electron chi connectivity index (χ1n) is 6.29. The molecule has 3 nitrogen and oxygen atoms in total. The fourth-order valence-electron chi connectivity index (χ4n) is 1.98. The lowest BCUT2D eigenvalue weighted by atomic mass is 10.1. The maximum atomic E-state index is 13.5. The SMILES string of the molecule is O=C(NCc1cc(F)c(F)cc1F)c1ccc2scnc2c1. The number of rotatable bonds is 3. The van der Waals surface area contributed by atoms with Crippen LogP contribution in [0.25, 0.3) is 10.2 Å². The molecule has 0 bridgehead atoms. The highest BCUT2D eigenvalue weighted by Gasteiger charge is 2.12. The molecule has 1 aromatic heterocycles. The molecule has 22 heavy (non-hydrogen) atoms. The highest BCUT2D eigenvalue weighted by Crippen LogP contribution is 2.19. The highest BCUT2D eigenvalue weighted by atomic mass is 32.1. The molecule has 0 aliphatic rings. The summed E-state index contributed by atoms with van der Waals surface area (Å²) in [4.78, 5) is 16.1. The largest absolute Gasteiger partial charge is 0.348 e. The minimum atomic E-state index is -1.26. The molecule has 0 unspecified atom stereocenters. The molecule has 0 atom stereocenters. The van der Waals surface area contributed by atoms with Gasteiger partial charge in [-0.2, -0.15) is 0 Å². The minimum absolute atomic E-state index is 0.123. The summed E-state index contributed by atoms with van der Waals surface area (Å²) in [5.74, 6) is -3.77. The normalized spacial score (nSPS) is 10.9. The van der Waals surface area contributed by atoms with Crippen molar-refractivity contribution in [2.45, 2.75) is 6.54 Å². The van der Waals surface area contributed by atoms with E-state index in [9.17, 15) is 18.0 Å². The molecule has 2 aromatic carbocycles. The lowest BCUT2D eigenvalue weighted by Crippen LogP contribution is -2.23. The first-order chi connectivity index (χ1) is 10.5. The van der Waals surface area contributed by atoms with Crippen LogP contribution in [0, 0.1) is 17.5 Å². The molecule has 0 saturated heterocycles. The molecule has 0 radical (unpaired) electrons. The number of nitrogens with zero attached hydrogens (tertiary/aromatic N) is 1. The van der Waals surface area contributed by atoms with E-state index in [0.717, 1.165) is 10.8 Å². The molecule has 112 valence electrons. The van der Waals surface area contributed by atoms with Gasteiger partial charge in [0.1, 0.15) is 5.82 Å². The third kappa shape index (κ3) is 2.80. The van der Waals surface area contributed by atoms with Crippen LogP contribution in [-0.4, -0.2) is 10.9 Å². The Kier molecular flexibility index (Phi) is 3.81. The Balaban J connectivity index is 1.75. The van der Waals surface area contributed by atoms with Crippen LogP contribution < -0.4 is 5.32 Å². The summed E-state index contributed by atoms with van der Waals surface area (Å²) in [7, 11) is 0. The number of aromatic nitrogens is 1. The van der Waals surface area contributed by atoms with Crippen molar-refractivity contribution in [3.05, 3.63) is 64.4 Å². The third-order valence-electron chi connectivity index (χ3n) is 3.12. The second-order valence-electron chi connectivity index (χ2n) is 4.58. The summed E-state index contributed by atoms with van der Waals surface area (Å²) in [5, 5.41) is 2.47. The maximum Gasteiger partial charge on any atom is 0.251 e. The smallest absolute Gasteiger partial charge is 0.251 e. The fourth-order valence-corrected chi connectivity index (χ4v) is 2.63. The number of hydrogen-bond acceptors (Lipinski definition) is 3. The number of hydrogen-bond donors (Lipinski definition) is 1. The number of carbonyl (C=O) groups excluding carboxylic acids is 1. The molecule has 0 saturated carbocycles. The molecule has 0 aliphatic heterocycles.